The van der Waals surface area contributed by atoms with Crippen molar-refractivity contribution >= 4 is 11.0 Å². The van der Waals surface area contributed by atoms with Gasteiger partial charge in [0, 0.05) is 12.7 Å². The SMILES string of the molecule is Cc1nc2ncccc2c(=O)n1-c1ccc(OCCCN2CCCC2)cc1. The molecule has 0 N–H and O–H groups in total. The molecule has 0 atom stereocenters. The molecule has 6 nitrogen and oxygen atoms in total. The third kappa shape index (κ3) is 3.85. The zero-order valence-electron chi connectivity index (χ0n) is 15.6. The smallest absolute Gasteiger partial charge is 0.267 e. The van der Waals surface area contributed by atoms with E-state index in [9.17, 15) is 4.79 Å². The Hall–Kier alpha value is -2.73. The maximum Gasteiger partial charge on any atom is 0.267 e. The highest BCUT2D eigenvalue weighted by molar-refractivity contribution is 5.73. The van der Waals surface area contributed by atoms with Gasteiger partial charge in [-0.25, -0.2) is 9.97 Å². The Morgan fingerprint density at radius 2 is 1.89 bits per heavy atom. The second-order valence-electron chi connectivity index (χ2n) is 6.92. The van der Waals surface area contributed by atoms with Gasteiger partial charge in [-0.05, 0) is 75.7 Å². The van der Waals surface area contributed by atoms with E-state index >= 15 is 0 Å². The summed E-state index contributed by atoms with van der Waals surface area (Å²) >= 11 is 0. The van der Waals surface area contributed by atoms with Gasteiger partial charge in [-0.2, -0.15) is 0 Å². The van der Waals surface area contributed by atoms with Crippen molar-refractivity contribution in [1.29, 1.82) is 0 Å². The first-order valence-electron chi connectivity index (χ1n) is 9.52. The lowest BCUT2D eigenvalue weighted by Gasteiger charge is -2.15. The van der Waals surface area contributed by atoms with E-state index < -0.39 is 0 Å². The summed E-state index contributed by atoms with van der Waals surface area (Å²) in [6.07, 6.45) is 5.32. The molecule has 1 fully saturated rings. The monoisotopic (exact) mass is 364 g/mol. The first-order chi connectivity index (χ1) is 13.2. The number of nitrogens with zero attached hydrogens (tertiary/aromatic N) is 4. The Labute approximate surface area is 158 Å². The van der Waals surface area contributed by atoms with Crippen molar-refractivity contribution in [2.24, 2.45) is 0 Å². The van der Waals surface area contributed by atoms with Gasteiger partial charge in [0.2, 0.25) is 0 Å². The molecular formula is C21H24N4O2. The summed E-state index contributed by atoms with van der Waals surface area (Å²) < 4.78 is 7.46. The Bertz CT molecular complexity index is 976. The normalized spacial score (nSPS) is 14.7. The maximum absolute atomic E-state index is 12.8. The Morgan fingerprint density at radius 3 is 2.67 bits per heavy atom. The van der Waals surface area contributed by atoms with Gasteiger partial charge in [0.1, 0.15) is 11.6 Å². The van der Waals surface area contributed by atoms with Crippen LogP contribution in [0.5, 0.6) is 5.75 Å². The van der Waals surface area contributed by atoms with Gasteiger partial charge in [0.05, 0.1) is 17.7 Å². The molecule has 140 valence electrons. The summed E-state index contributed by atoms with van der Waals surface area (Å²) in [6.45, 7) is 6.07. The van der Waals surface area contributed by atoms with Crippen molar-refractivity contribution in [3.05, 3.63) is 58.8 Å². The predicted molar refractivity (Wildman–Crippen MR) is 106 cm³/mol. The molecule has 0 spiro atoms. The highest BCUT2D eigenvalue weighted by Crippen LogP contribution is 2.17. The number of pyridine rings is 1. The molecule has 3 aromatic rings. The molecule has 1 aliphatic rings. The second-order valence-corrected chi connectivity index (χ2v) is 6.92. The number of aromatic nitrogens is 3. The maximum atomic E-state index is 12.8. The minimum atomic E-state index is -0.107. The van der Waals surface area contributed by atoms with E-state index in [4.69, 9.17) is 4.74 Å². The average Bonchev–Trinajstić information content (AvgIpc) is 3.20. The van der Waals surface area contributed by atoms with Crippen molar-refractivity contribution in [3.63, 3.8) is 0 Å². The highest BCUT2D eigenvalue weighted by Gasteiger charge is 2.11. The number of likely N-dealkylation sites (tertiary alicyclic amines) is 1. The van der Waals surface area contributed by atoms with Crippen LogP contribution in [0.3, 0.4) is 0 Å². The van der Waals surface area contributed by atoms with Crippen LogP contribution in [-0.4, -0.2) is 45.7 Å². The summed E-state index contributed by atoms with van der Waals surface area (Å²) in [5.41, 5.74) is 1.15. The van der Waals surface area contributed by atoms with Crippen LogP contribution in [0.2, 0.25) is 0 Å². The number of aryl methyl sites for hydroxylation is 1. The van der Waals surface area contributed by atoms with E-state index in [2.05, 4.69) is 14.9 Å². The largest absolute Gasteiger partial charge is 0.494 e. The standard InChI is InChI=1S/C21H24N4O2/c1-16-23-20-19(6-4-11-22-20)21(26)25(16)17-7-9-18(10-8-17)27-15-5-14-24-12-2-3-13-24/h4,6-11H,2-3,5,12-15H2,1H3. The average molecular weight is 364 g/mol. The number of rotatable bonds is 6. The highest BCUT2D eigenvalue weighted by atomic mass is 16.5. The molecule has 0 aliphatic carbocycles. The van der Waals surface area contributed by atoms with Crippen molar-refractivity contribution in [2.75, 3.05) is 26.2 Å². The third-order valence-electron chi connectivity index (χ3n) is 4.99. The zero-order chi connectivity index (χ0) is 18.6. The van der Waals surface area contributed by atoms with Gasteiger partial charge in [-0.1, -0.05) is 0 Å². The van der Waals surface area contributed by atoms with E-state index in [1.54, 1.807) is 22.9 Å². The van der Waals surface area contributed by atoms with Crippen LogP contribution in [0.15, 0.2) is 47.4 Å². The molecule has 1 aliphatic heterocycles. The molecule has 0 amide bonds. The molecule has 1 saturated heterocycles. The lowest BCUT2D eigenvalue weighted by atomic mass is 10.2. The van der Waals surface area contributed by atoms with Gasteiger partial charge < -0.3 is 9.64 Å². The van der Waals surface area contributed by atoms with E-state index in [0.717, 1.165) is 24.4 Å². The van der Waals surface area contributed by atoms with Gasteiger partial charge >= 0.3 is 0 Å². The van der Waals surface area contributed by atoms with Crippen molar-refractivity contribution in [3.8, 4) is 11.4 Å². The Kier molecular flexibility index (Phi) is 5.16. The Morgan fingerprint density at radius 1 is 1.11 bits per heavy atom. The van der Waals surface area contributed by atoms with Gasteiger partial charge in [-0.15, -0.1) is 0 Å². The molecule has 27 heavy (non-hydrogen) atoms. The molecule has 0 unspecified atom stereocenters. The molecule has 4 rings (SSSR count). The summed E-state index contributed by atoms with van der Waals surface area (Å²) in [7, 11) is 0. The number of ether oxygens (including phenoxy) is 1. The van der Waals surface area contributed by atoms with Crippen LogP contribution in [0.25, 0.3) is 16.7 Å². The van der Waals surface area contributed by atoms with Gasteiger partial charge in [0.25, 0.3) is 5.56 Å². The summed E-state index contributed by atoms with van der Waals surface area (Å²) in [6, 6.07) is 11.1. The quantitative estimate of drug-likeness (QED) is 0.630. The number of fused-ring (bicyclic) bond motifs is 1. The van der Waals surface area contributed by atoms with Crippen LogP contribution in [0.1, 0.15) is 25.1 Å². The number of benzene rings is 1. The van der Waals surface area contributed by atoms with E-state index in [1.165, 1.54) is 25.9 Å². The van der Waals surface area contributed by atoms with Crippen LogP contribution >= 0.6 is 0 Å². The van der Waals surface area contributed by atoms with Gasteiger partial charge in [0.15, 0.2) is 5.65 Å². The van der Waals surface area contributed by atoms with Crippen LogP contribution < -0.4 is 10.3 Å². The van der Waals surface area contributed by atoms with Crippen LogP contribution in [0.4, 0.5) is 0 Å². The fourth-order valence-corrected chi connectivity index (χ4v) is 3.60. The van der Waals surface area contributed by atoms with E-state index in [0.29, 0.717) is 23.5 Å². The summed E-state index contributed by atoms with van der Waals surface area (Å²) in [5.74, 6) is 1.44. The molecule has 1 aromatic carbocycles. The first kappa shape index (κ1) is 17.7. The molecular weight excluding hydrogens is 340 g/mol. The minimum Gasteiger partial charge on any atom is -0.494 e. The van der Waals surface area contributed by atoms with Crippen molar-refractivity contribution < 1.29 is 4.74 Å². The molecule has 2 aromatic heterocycles. The van der Waals surface area contributed by atoms with E-state index in [1.807, 2.05) is 31.2 Å². The fourth-order valence-electron chi connectivity index (χ4n) is 3.60. The molecule has 6 heteroatoms. The lowest BCUT2D eigenvalue weighted by molar-refractivity contribution is 0.263. The number of hydrogen-bond donors (Lipinski definition) is 0. The molecule has 0 radical (unpaired) electrons. The second kappa shape index (κ2) is 7.88. The zero-order valence-corrected chi connectivity index (χ0v) is 15.6. The number of hydrogen-bond acceptors (Lipinski definition) is 5. The molecule has 0 saturated carbocycles. The first-order valence-corrected chi connectivity index (χ1v) is 9.52. The molecule has 0 bridgehead atoms. The van der Waals surface area contributed by atoms with Crippen molar-refractivity contribution in [2.45, 2.75) is 26.2 Å². The topological polar surface area (TPSA) is 60.3 Å². The predicted octanol–water partition coefficient (Wildman–Crippen LogP) is 2.95. The van der Waals surface area contributed by atoms with E-state index in [-0.39, 0.29) is 5.56 Å². The summed E-state index contributed by atoms with van der Waals surface area (Å²) in [5, 5.41) is 0.519. The molecule has 3 heterocycles. The third-order valence-corrected chi connectivity index (χ3v) is 4.99. The van der Waals surface area contributed by atoms with Crippen LogP contribution in [-0.2, 0) is 0 Å². The van der Waals surface area contributed by atoms with Gasteiger partial charge in [-0.3, -0.25) is 9.36 Å². The van der Waals surface area contributed by atoms with Crippen LogP contribution in [0, 0.1) is 6.92 Å². The lowest BCUT2D eigenvalue weighted by Crippen LogP contribution is -2.22. The fraction of sp³-hybridized carbons (Fsp3) is 0.381. The summed E-state index contributed by atoms with van der Waals surface area (Å²) in [4.78, 5) is 23.9. The minimum absolute atomic E-state index is 0.107. The van der Waals surface area contributed by atoms with Crippen molar-refractivity contribution in [1.82, 2.24) is 19.4 Å². The Balaban J connectivity index is 1.46.